The van der Waals surface area contributed by atoms with Gasteiger partial charge in [0.05, 0.1) is 18.9 Å². The van der Waals surface area contributed by atoms with Gasteiger partial charge in [0.25, 0.3) is 5.91 Å². The summed E-state index contributed by atoms with van der Waals surface area (Å²) in [5.74, 6) is -0.0576. The number of aliphatic imine (C=N–C) groups is 1. The number of aromatic nitrogens is 3. The number of aromatic amines is 2. The number of H-pyrrole nitrogens is 2. The highest BCUT2D eigenvalue weighted by Crippen LogP contribution is 2.31. The number of rotatable bonds is 6. The Labute approximate surface area is 191 Å². The molecular formula is C24H27FN6O2. The summed E-state index contributed by atoms with van der Waals surface area (Å²) in [4.78, 5) is 21.9. The van der Waals surface area contributed by atoms with Crippen molar-refractivity contribution in [2.24, 2.45) is 4.99 Å². The van der Waals surface area contributed by atoms with Crippen molar-refractivity contribution in [3.8, 4) is 11.3 Å². The van der Waals surface area contributed by atoms with Crippen molar-refractivity contribution in [3.05, 3.63) is 58.3 Å². The van der Waals surface area contributed by atoms with Crippen LogP contribution in [0.25, 0.3) is 17.3 Å². The van der Waals surface area contributed by atoms with Crippen molar-refractivity contribution >= 4 is 30.2 Å². The van der Waals surface area contributed by atoms with E-state index in [1.165, 1.54) is 12.1 Å². The quantitative estimate of drug-likeness (QED) is 0.492. The minimum Gasteiger partial charge on any atom is -0.378 e. The van der Waals surface area contributed by atoms with Crippen LogP contribution in [-0.4, -0.2) is 54.1 Å². The second-order valence-electron chi connectivity index (χ2n) is 8.03. The number of ether oxygens (including phenoxy) is 1. The molecule has 4 rings (SSSR count). The van der Waals surface area contributed by atoms with Crippen LogP contribution in [0.1, 0.15) is 34.2 Å². The van der Waals surface area contributed by atoms with Crippen molar-refractivity contribution in [1.82, 2.24) is 20.5 Å². The molecule has 1 fully saturated rings. The molecule has 9 heteroatoms. The van der Waals surface area contributed by atoms with E-state index in [-0.39, 0.29) is 11.7 Å². The Morgan fingerprint density at radius 2 is 2.03 bits per heavy atom. The number of nitrogens with one attached hydrogen (secondary N) is 3. The molecule has 0 unspecified atom stereocenters. The third kappa shape index (κ3) is 4.88. The Morgan fingerprint density at radius 1 is 1.27 bits per heavy atom. The molecule has 1 aliphatic heterocycles. The second kappa shape index (κ2) is 9.41. The molecule has 1 aliphatic rings. The molecule has 33 heavy (non-hydrogen) atoms. The molecule has 3 N–H and O–H groups in total. The number of amides is 1. The van der Waals surface area contributed by atoms with Crippen molar-refractivity contribution in [1.29, 1.82) is 0 Å². The number of allylic oxidation sites excluding steroid dienone is 1. The standard InChI is InChI=1S/C24H27FN6O2/c1-14(27-24(32)22-15(2)16(3)29-30-22)9-18-12-21(28-23(18)26-4)17-10-19(25)13-20(11-17)31-5-7-33-8-6-31/h9-13,28H,4-8H2,1-3H3,(H,27,32)(H,29,30)/b14-9+. The fourth-order valence-electron chi connectivity index (χ4n) is 3.81. The predicted molar refractivity (Wildman–Crippen MR) is 128 cm³/mol. The largest absolute Gasteiger partial charge is 0.378 e. The van der Waals surface area contributed by atoms with Gasteiger partial charge in [-0.1, -0.05) is 0 Å². The van der Waals surface area contributed by atoms with Crippen molar-refractivity contribution in [2.75, 3.05) is 31.2 Å². The first-order valence-corrected chi connectivity index (χ1v) is 10.7. The van der Waals surface area contributed by atoms with Crippen LogP contribution < -0.4 is 10.2 Å². The van der Waals surface area contributed by atoms with Gasteiger partial charge in [0.15, 0.2) is 0 Å². The summed E-state index contributed by atoms with van der Waals surface area (Å²) in [7, 11) is 0. The summed E-state index contributed by atoms with van der Waals surface area (Å²) in [6.45, 7) is 11.8. The summed E-state index contributed by atoms with van der Waals surface area (Å²) >= 11 is 0. The van der Waals surface area contributed by atoms with Crippen molar-refractivity contribution in [2.45, 2.75) is 20.8 Å². The molecule has 8 nitrogen and oxygen atoms in total. The number of halogens is 1. The lowest BCUT2D eigenvalue weighted by molar-refractivity contribution is 0.0960. The highest BCUT2D eigenvalue weighted by Gasteiger charge is 2.16. The SMILES string of the molecule is C=Nc1[nH]c(-c2cc(F)cc(N3CCOCC3)c2)cc1/C=C(\C)NC(=O)c1[nH]nc(C)c1C. The molecule has 0 radical (unpaired) electrons. The maximum atomic E-state index is 14.4. The van der Waals surface area contributed by atoms with E-state index >= 15 is 0 Å². The van der Waals surface area contributed by atoms with Gasteiger partial charge in [0.2, 0.25) is 0 Å². The number of benzene rings is 1. The maximum Gasteiger partial charge on any atom is 0.273 e. The van der Waals surface area contributed by atoms with Gasteiger partial charge < -0.3 is 19.9 Å². The molecule has 0 bridgehead atoms. The molecule has 0 saturated carbocycles. The van der Waals surface area contributed by atoms with Crippen molar-refractivity contribution in [3.63, 3.8) is 0 Å². The molecule has 0 atom stereocenters. The number of carbonyl (C=O) groups excluding carboxylic acids is 1. The second-order valence-corrected chi connectivity index (χ2v) is 8.03. The zero-order valence-corrected chi connectivity index (χ0v) is 19.0. The minimum absolute atomic E-state index is 0.272. The molecule has 3 aromatic rings. The van der Waals surface area contributed by atoms with E-state index in [0.29, 0.717) is 41.7 Å². The molecule has 2 aromatic heterocycles. The summed E-state index contributed by atoms with van der Waals surface area (Å²) in [6, 6.07) is 6.82. The van der Waals surface area contributed by atoms with Gasteiger partial charge in [-0.2, -0.15) is 5.10 Å². The summed E-state index contributed by atoms with van der Waals surface area (Å²) in [5.41, 5.74) is 5.57. The Hall–Kier alpha value is -3.72. The van der Waals surface area contributed by atoms with Crippen LogP contribution in [0.15, 0.2) is 35.0 Å². The number of anilines is 1. The Kier molecular flexibility index (Phi) is 6.41. The monoisotopic (exact) mass is 450 g/mol. The minimum atomic E-state index is -0.317. The lowest BCUT2D eigenvalue weighted by atomic mass is 10.1. The average molecular weight is 451 g/mol. The number of carbonyl (C=O) groups is 1. The fourth-order valence-corrected chi connectivity index (χ4v) is 3.81. The van der Waals surface area contributed by atoms with Crippen LogP contribution in [0, 0.1) is 19.7 Å². The predicted octanol–water partition coefficient (Wildman–Crippen LogP) is 4.12. The Bertz CT molecular complexity index is 1220. The van der Waals surface area contributed by atoms with E-state index < -0.39 is 0 Å². The number of nitrogens with zero attached hydrogens (tertiary/aromatic N) is 3. The highest BCUT2D eigenvalue weighted by molar-refractivity contribution is 5.95. The number of morpholine rings is 1. The van der Waals surface area contributed by atoms with Gasteiger partial charge in [0.1, 0.15) is 17.3 Å². The van der Waals surface area contributed by atoms with Crippen LogP contribution in [0.5, 0.6) is 0 Å². The molecule has 1 aromatic carbocycles. The number of hydrogen-bond acceptors (Lipinski definition) is 5. The van der Waals surface area contributed by atoms with Crippen molar-refractivity contribution < 1.29 is 13.9 Å². The molecule has 0 aliphatic carbocycles. The maximum absolute atomic E-state index is 14.4. The first kappa shape index (κ1) is 22.5. The molecule has 3 heterocycles. The molecule has 172 valence electrons. The van der Waals surface area contributed by atoms with Gasteiger partial charge in [-0.05, 0) is 57.8 Å². The first-order valence-electron chi connectivity index (χ1n) is 10.7. The van der Waals surface area contributed by atoms with Crippen LogP contribution in [-0.2, 0) is 4.74 Å². The smallest absolute Gasteiger partial charge is 0.273 e. The Morgan fingerprint density at radius 3 is 2.70 bits per heavy atom. The summed E-state index contributed by atoms with van der Waals surface area (Å²) in [6.07, 6.45) is 1.79. The average Bonchev–Trinajstić information content (AvgIpc) is 3.36. The zero-order chi connectivity index (χ0) is 23.5. The molecule has 1 saturated heterocycles. The third-order valence-electron chi connectivity index (χ3n) is 5.72. The van der Waals surface area contributed by atoms with Crippen LogP contribution in [0.2, 0.25) is 0 Å². The van der Waals surface area contributed by atoms with E-state index in [1.54, 1.807) is 13.0 Å². The molecule has 1 amide bonds. The number of hydrogen-bond donors (Lipinski definition) is 3. The zero-order valence-electron chi connectivity index (χ0n) is 19.0. The van der Waals surface area contributed by atoms with Gasteiger partial charge >= 0.3 is 0 Å². The van der Waals surface area contributed by atoms with E-state index in [1.807, 2.05) is 26.0 Å². The van der Waals surface area contributed by atoms with E-state index in [0.717, 1.165) is 35.6 Å². The van der Waals surface area contributed by atoms with Gasteiger partial charge in [-0.3, -0.25) is 9.89 Å². The van der Waals surface area contributed by atoms with E-state index in [4.69, 9.17) is 4.74 Å². The van der Waals surface area contributed by atoms with Gasteiger partial charge in [0, 0.05) is 46.9 Å². The summed E-state index contributed by atoms with van der Waals surface area (Å²) < 4.78 is 19.8. The third-order valence-corrected chi connectivity index (χ3v) is 5.72. The molecule has 0 spiro atoms. The lowest BCUT2D eigenvalue weighted by Crippen LogP contribution is -2.36. The normalized spacial score (nSPS) is 14.4. The molecular weight excluding hydrogens is 423 g/mol. The summed E-state index contributed by atoms with van der Waals surface area (Å²) in [5, 5.41) is 9.68. The topological polar surface area (TPSA) is 98.4 Å². The lowest BCUT2D eigenvalue weighted by Gasteiger charge is -2.29. The van der Waals surface area contributed by atoms with Crippen LogP contribution in [0.4, 0.5) is 15.9 Å². The highest BCUT2D eigenvalue weighted by atomic mass is 19.1. The number of aryl methyl sites for hydroxylation is 1. The van der Waals surface area contributed by atoms with Crippen LogP contribution >= 0.6 is 0 Å². The Balaban J connectivity index is 1.59. The van der Waals surface area contributed by atoms with E-state index in [9.17, 15) is 9.18 Å². The van der Waals surface area contributed by atoms with Crippen LogP contribution in [0.3, 0.4) is 0 Å². The first-order chi connectivity index (χ1) is 15.9. The van der Waals surface area contributed by atoms with E-state index in [2.05, 4.69) is 37.1 Å². The van der Waals surface area contributed by atoms with Gasteiger partial charge in [-0.25, -0.2) is 9.38 Å². The van der Waals surface area contributed by atoms with Gasteiger partial charge in [-0.15, -0.1) is 0 Å². The fraction of sp³-hybridized carbons (Fsp3) is 0.292.